The molecule has 0 amide bonds. The highest BCUT2D eigenvalue weighted by Crippen LogP contribution is 2.33. The minimum Gasteiger partial charge on any atom is -0.469 e. The van der Waals surface area contributed by atoms with Crippen LogP contribution in [0.5, 0.6) is 0 Å². The number of ether oxygens (including phenoxy) is 1. The normalized spacial score (nSPS) is 13.5. The van der Waals surface area contributed by atoms with E-state index in [9.17, 15) is 4.79 Å². The van der Waals surface area contributed by atoms with E-state index in [2.05, 4.69) is 0 Å². The molecule has 0 bridgehead atoms. The zero-order valence-electron chi connectivity index (χ0n) is 11.5. The maximum atomic E-state index is 11.5. The lowest BCUT2D eigenvalue weighted by Crippen LogP contribution is -2.40. The number of furan rings is 1. The van der Waals surface area contributed by atoms with Crippen LogP contribution in [0.3, 0.4) is 0 Å². The third-order valence-electron chi connectivity index (χ3n) is 3.28. The van der Waals surface area contributed by atoms with Gasteiger partial charge in [-0.25, -0.2) is 0 Å². The van der Waals surface area contributed by atoms with Crippen molar-refractivity contribution in [2.45, 2.75) is 31.7 Å². The van der Waals surface area contributed by atoms with Gasteiger partial charge in [-0.15, -0.1) is 0 Å². The van der Waals surface area contributed by atoms with Crippen LogP contribution in [0.25, 0.3) is 11.0 Å². The topological polar surface area (TPSA) is 65.5 Å². The van der Waals surface area contributed by atoms with Crippen LogP contribution in [0.15, 0.2) is 34.7 Å². The molecule has 2 rings (SSSR count). The second-order valence-electron chi connectivity index (χ2n) is 5.34. The lowest BCUT2D eigenvalue weighted by molar-refractivity contribution is -0.141. The van der Waals surface area contributed by atoms with Crippen molar-refractivity contribution in [1.82, 2.24) is 0 Å². The van der Waals surface area contributed by atoms with Crippen LogP contribution < -0.4 is 5.73 Å². The molecule has 4 heteroatoms. The van der Waals surface area contributed by atoms with Gasteiger partial charge >= 0.3 is 5.97 Å². The summed E-state index contributed by atoms with van der Waals surface area (Å²) in [5, 5.41) is 1.01. The minimum atomic E-state index is -0.567. The molecule has 0 saturated carbocycles. The number of benzene rings is 1. The van der Waals surface area contributed by atoms with Crippen LogP contribution in [0.1, 0.15) is 31.9 Å². The fourth-order valence-corrected chi connectivity index (χ4v) is 2.15. The van der Waals surface area contributed by atoms with E-state index in [4.69, 9.17) is 14.9 Å². The van der Waals surface area contributed by atoms with Crippen LogP contribution in [0, 0.1) is 0 Å². The van der Waals surface area contributed by atoms with E-state index in [0.29, 0.717) is 0 Å². The molecule has 1 atom stereocenters. The van der Waals surface area contributed by atoms with Crippen molar-refractivity contribution in [3.63, 3.8) is 0 Å². The van der Waals surface area contributed by atoms with Crippen LogP contribution in [0.4, 0.5) is 0 Å². The lowest BCUT2D eigenvalue weighted by atomic mass is 9.84. The number of hydrogen-bond donors (Lipinski definition) is 1. The average Bonchev–Trinajstić information content (AvgIpc) is 2.77. The van der Waals surface area contributed by atoms with Gasteiger partial charge < -0.3 is 14.9 Å². The first-order valence-corrected chi connectivity index (χ1v) is 6.26. The quantitative estimate of drug-likeness (QED) is 0.859. The van der Waals surface area contributed by atoms with Crippen molar-refractivity contribution in [3.8, 4) is 0 Å². The largest absolute Gasteiger partial charge is 0.469 e. The first-order chi connectivity index (χ1) is 8.91. The molecule has 1 aromatic heterocycles. The first-order valence-electron chi connectivity index (χ1n) is 6.26. The van der Waals surface area contributed by atoms with Crippen molar-refractivity contribution in [2.24, 2.45) is 5.73 Å². The summed E-state index contributed by atoms with van der Waals surface area (Å²) >= 11 is 0. The number of hydrogen-bond acceptors (Lipinski definition) is 4. The molecule has 2 N–H and O–H groups in total. The molecule has 0 radical (unpaired) electrons. The summed E-state index contributed by atoms with van der Waals surface area (Å²) in [6.45, 7) is 3.77. The zero-order valence-corrected chi connectivity index (χ0v) is 11.5. The second-order valence-corrected chi connectivity index (χ2v) is 5.34. The van der Waals surface area contributed by atoms with E-state index in [1.54, 1.807) is 0 Å². The van der Waals surface area contributed by atoms with Gasteiger partial charge in [0, 0.05) is 16.8 Å². The monoisotopic (exact) mass is 261 g/mol. The fraction of sp³-hybridized carbons (Fsp3) is 0.400. The van der Waals surface area contributed by atoms with Gasteiger partial charge in [0.05, 0.1) is 13.5 Å². The second kappa shape index (κ2) is 5.05. The third-order valence-corrected chi connectivity index (χ3v) is 3.28. The fourth-order valence-electron chi connectivity index (χ4n) is 2.15. The highest BCUT2D eigenvalue weighted by atomic mass is 16.5. The average molecular weight is 261 g/mol. The van der Waals surface area contributed by atoms with Gasteiger partial charge in [-0.05, 0) is 26.0 Å². The summed E-state index contributed by atoms with van der Waals surface area (Å²) in [7, 11) is 1.38. The molecule has 0 fully saturated rings. The number of rotatable bonds is 4. The van der Waals surface area contributed by atoms with Gasteiger partial charge in [0.2, 0.25) is 0 Å². The van der Waals surface area contributed by atoms with Crippen molar-refractivity contribution in [1.29, 1.82) is 0 Å². The molecular formula is C15H19NO3. The maximum Gasteiger partial charge on any atom is 0.306 e. The van der Waals surface area contributed by atoms with Gasteiger partial charge in [-0.2, -0.15) is 0 Å². The van der Waals surface area contributed by atoms with Crippen molar-refractivity contribution in [2.75, 3.05) is 7.11 Å². The van der Waals surface area contributed by atoms with E-state index >= 15 is 0 Å². The SMILES string of the molecule is COC(=O)CC(c1cc2ccccc2o1)C(C)(C)N. The maximum absolute atomic E-state index is 11.5. The Morgan fingerprint density at radius 2 is 2.11 bits per heavy atom. The van der Waals surface area contributed by atoms with E-state index in [-0.39, 0.29) is 18.3 Å². The van der Waals surface area contributed by atoms with Crippen molar-refractivity contribution < 1.29 is 13.9 Å². The molecule has 2 aromatic rings. The molecular weight excluding hydrogens is 242 g/mol. The number of carbonyl (C=O) groups excluding carboxylic acids is 1. The molecule has 19 heavy (non-hydrogen) atoms. The Kier molecular flexibility index (Phi) is 3.62. The molecule has 0 saturated heterocycles. The smallest absolute Gasteiger partial charge is 0.306 e. The van der Waals surface area contributed by atoms with E-state index in [1.165, 1.54) is 7.11 Å². The lowest BCUT2D eigenvalue weighted by Gasteiger charge is -2.28. The zero-order chi connectivity index (χ0) is 14.0. The summed E-state index contributed by atoms with van der Waals surface area (Å²) in [6, 6.07) is 9.68. The summed E-state index contributed by atoms with van der Waals surface area (Å²) in [5.74, 6) is 0.218. The van der Waals surface area contributed by atoms with Gasteiger partial charge in [-0.1, -0.05) is 18.2 Å². The van der Waals surface area contributed by atoms with Gasteiger partial charge in [0.15, 0.2) is 0 Å². The Labute approximate surface area is 112 Å². The number of esters is 1. The van der Waals surface area contributed by atoms with Crippen LogP contribution in [-0.2, 0) is 9.53 Å². The molecule has 102 valence electrons. The molecule has 0 spiro atoms. The Hall–Kier alpha value is -1.81. The van der Waals surface area contributed by atoms with Gasteiger partial charge in [-0.3, -0.25) is 4.79 Å². The summed E-state index contributed by atoms with van der Waals surface area (Å²) in [5.41, 5.74) is 6.40. The Bertz CT molecular complexity index is 547. The molecule has 1 aromatic carbocycles. The number of nitrogens with two attached hydrogens (primary N) is 1. The number of fused-ring (bicyclic) bond motifs is 1. The molecule has 1 unspecified atom stereocenters. The molecule has 0 aliphatic rings. The van der Waals surface area contributed by atoms with E-state index < -0.39 is 5.54 Å². The minimum absolute atomic E-state index is 0.208. The third kappa shape index (κ3) is 2.96. The highest BCUT2D eigenvalue weighted by molar-refractivity contribution is 5.78. The molecule has 0 aliphatic carbocycles. The Morgan fingerprint density at radius 3 is 2.68 bits per heavy atom. The Balaban J connectivity index is 2.39. The predicted octanol–water partition coefficient (Wildman–Crippen LogP) is 2.82. The number of carbonyl (C=O) groups is 1. The van der Waals surface area contributed by atoms with Crippen molar-refractivity contribution >= 4 is 16.9 Å². The van der Waals surface area contributed by atoms with Crippen molar-refractivity contribution in [3.05, 3.63) is 36.1 Å². The molecule has 1 heterocycles. The first kappa shape index (κ1) is 13.6. The Morgan fingerprint density at radius 1 is 1.42 bits per heavy atom. The number of para-hydroxylation sites is 1. The van der Waals surface area contributed by atoms with Crippen LogP contribution in [-0.4, -0.2) is 18.6 Å². The summed E-state index contributed by atoms with van der Waals surface area (Å²) in [6.07, 6.45) is 0.208. The summed E-state index contributed by atoms with van der Waals surface area (Å²) in [4.78, 5) is 11.5. The van der Waals surface area contributed by atoms with Crippen LogP contribution >= 0.6 is 0 Å². The standard InChI is InChI=1S/C15H19NO3/c1-15(2,16)11(9-14(17)18-3)13-8-10-6-4-5-7-12(10)19-13/h4-8,11H,9,16H2,1-3H3. The summed E-state index contributed by atoms with van der Waals surface area (Å²) < 4.78 is 10.5. The van der Waals surface area contributed by atoms with Gasteiger partial charge in [0.25, 0.3) is 0 Å². The van der Waals surface area contributed by atoms with E-state index in [0.717, 1.165) is 16.7 Å². The molecule has 0 aliphatic heterocycles. The number of methoxy groups -OCH3 is 1. The molecule has 4 nitrogen and oxygen atoms in total. The van der Waals surface area contributed by atoms with Gasteiger partial charge in [0.1, 0.15) is 11.3 Å². The van der Waals surface area contributed by atoms with Crippen LogP contribution in [0.2, 0.25) is 0 Å². The van der Waals surface area contributed by atoms with E-state index in [1.807, 2.05) is 44.2 Å². The predicted molar refractivity (Wildman–Crippen MR) is 73.9 cm³/mol. The highest BCUT2D eigenvalue weighted by Gasteiger charge is 2.32.